The maximum Gasteiger partial charge on any atom is 0.113 e. The highest BCUT2D eigenvalue weighted by Gasteiger charge is 2.38. The summed E-state index contributed by atoms with van der Waals surface area (Å²) in [4.78, 5) is 4.86. The Balaban J connectivity index is 2.12. The number of rotatable bonds is 4. The Morgan fingerprint density at radius 3 is 2.83 bits per heavy atom. The van der Waals surface area contributed by atoms with Gasteiger partial charge in [-0.3, -0.25) is 0 Å². The van der Waals surface area contributed by atoms with Crippen LogP contribution in [0.3, 0.4) is 0 Å². The highest BCUT2D eigenvalue weighted by molar-refractivity contribution is 5.77. The van der Waals surface area contributed by atoms with Crippen molar-refractivity contribution in [1.82, 2.24) is 9.55 Å². The van der Waals surface area contributed by atoms with Crippen molar-refractivity contribution >= 4 is 11.0 Å². The quantitative estimate of drug-likeness (QED) is 0.897. The van der Waals surface area contributed by atoms with Gasteiger partial charge in [-0.25, -0.2) is 4.98 Å². The number of hydrogen-bond acceptors (Lipinski definition) is 2. The molecule has 3 rings (SSSR count). The summed E-state index contributed by atoms with van der Waals surface area (Å²) in [5.41, 5.74) is 9.25. The number of fused-ring (bicyclic) bond motifs is 1. The summed E-state index contributed by atoms with van der Waals surface area (Å²) in [7, 11) is 0. The van der Waals surface area contributed by atoms with Gasteiger partial charge in [-0.15, -0.1) is 0 Å². The van der Waals surface area contributed by atoms with Crippen molar-refractivity contribution < 1.29 is 0 Å². The molecule has 2 N–H and O–H groups in total. The number of nitrogens with two attached hydrogens (primary N) is 1. The van der Waals surface area contributed by atoms with Crippen LogP contribution in [0.4, 0.5) is 0 Å². The number of benzene rings is 1. The smallest absolute Gasteiger partial charge is 0.113 e. The second-order valence-corrected chi connectivity index (χ2v) is 5.47. The van der Waals surface area contributed by atoms with E-state index in [4.69, 9.17) is 10.7 Å². The lowest BCUT2D eigenvalue weighted by Gasteiger charge is -2.07. The molecule has 0 radical (unpaired) electrons. The molecule has 2 atom stereocenters. The van der Waals surface area contributed by atoms with Crippen molar-refractivity contribution in [1.29, 1.82) is 0 Å². The average Bonchev–Trinajstić information content (AvgIpc) is 2.99. The lowest BCUT2D eigenvalue weighted by atomic mass is 10.2. The van der Waals surface area contributed by atoms with Crippen LogP contribution < -0.4 is 5.73 Å². The molecule has 1 aliphatic rings. The Hall–Kier alpha value is -1.35. The number of aromatic nitrogens is 2. The van der Waals surface area contributed by atoms with Crippen LogP contribution in [-0.2, 0) is 13.1 Å². The van der Waals surface area contributed by atoms with E-state index in [2.05, 4.69) is 36.6 Å². The van der Waals surface area contributed by atoms with E-state index in [-0.39, 0.29) is 0 Å². The van der Waals surface area contributed by atoms with Gasteiger partial charge in [0, 0.05) is 19.0 Å². The minimum absolute atomic E-state index is 0.589. The zero-order valence-corrected chi connectivity index (χ0v) is 11.2. The molecule has 1 aromatic heterocycles. The van der Waals surface area contributed by atoms with E-state index < -0.39 is 0 Å². The van der Waals surface area contributed by atoms with Crippen molar-refractivity contribution in [2.45, 2.75) is 45.7 Å². The van der Waals surface area contributed by atoms with Crippen LogP contribution in [0.2, 0.25) is 0 Å². The standard InChI is InChI=1S/C15H21N3/c1-3-6-18-14-5-4-11(9-16)8-13(14)17-15(18)12-7-10(12)2/h4-5,8,10,12H,3,6-7,9,16H2,1-2H3. The van der Waals surface area contributed by atoms with Gasteiger partial charge in [0.2, 0.25) is 0 Å². The molecule has 2 unspecified atom stereocenters. The summed E-state index contributed by atoms with van der Waals surface area (Å²) in [6, 6.07) is 6.44. The van der Waals surface area contributed by atoms with Crippen molar-refractivity contribution in [2.24, 2.45) is 11.7 Å². The second-order valence-electron chi connectivity index (χ2n) is 5.47. The van der Waals surface area contributed by atoms with Crippen LogP contribution in [0.1, 0.15) is 44.0 Å². The van der Waals surface area contributed by atoms with Gasteiger partial charge in [-0.1, -0.05) is 19.9 Å². The lowest BCUT2D eigenvalue weighted by Crippen LogP contribution is -2.02. The number of aryl methyl sites for hydroxylation is 1. The van der Waals surface area contributed by atoms with E-state index in [9.17, 15) is 0 Å². The molecule has 1 fully saturated rings. The van der Waals surface area contributed by atoms with Gasteiger partial charge in [0.1, 0.15) is 5.82 Å². The topological polar surface area (TPSA) is 43.8 Å². The fourth-order valence-corrected chi connectivity index (χ4v) is 2.74. The van der Waals surface area contributed by atoms with E-state index in [1.54, 1.807) is 0 Å². The number of hydrogen-bond donors (Lipinski definition) is 1. The lowest BCUT2D eigenvalue weighted by molar-refractivity contribution is 0.647. The predicted molar refractivity (Wildman–Crippen MR) is 74.4 cm³/mol. The summed E-state index contributed by atoms with van der Waals surface area (Å²) in [6.07, 6.45) is 2.44. The Labute approximate surface area is 108 Å². The van der Waals surface area contributed by atoms with Crippen molar-refractivity contribution in [3.05, 3.63) is 29.6 Å². The molecular formula is C15H21N3. The van der Waals surface area contributed by atoms with E-state index in [1.165, 1.54) is 23.3 Å². The van der Waals surface area contributed by atoms with Crippen LogP contribution in [0.15, 0.2) is 18.2 Å². The summed E-state index contributed by atoms with van der Waals surface area (Å²) in [6.45, 7) is 6.19. The minimum atomic E-state index is 0.589. The maximum absolute atomic E-state index is 5.70. The molecule has 3 nitrogen and oxygen atoms in total. The summed E-state index contributed by atoms with van der Waals surface area (Å²) in [5.74, 6) is 2.75. The molecule has 18 heavy (non-hydrogen) atoms. The third kappa shape index (κ3) is 1.83. The Kier molecular flexibility index (Phi) is 2.86. The first-order valence-corrected chi connectivity index (χ1v) is 6.93. The van der Waals surface area contributed by atoms with Gasteiger partial charge in [-0.2, -0.15) is 0 Å². The SMILES string of the molecule is CCCn1c(C2CC2C)nc2cc(CN)ccc21. The van der Waals surface area contributed by atoms with E-state index in [0.29, 0.717) is 12.5 Å². The van der Waals surface area contributed by atoms with Crippen LogP contribution in [0.5, 0.6) is 0 Å². The largest absolute Gasteiger partial charge is 0.328 e. The number of nitrogens with zero attached hydrogens (tertiary/aromatic N) is 2. The monoisotopic (exact) mass is 243 g/mol. The van der Waals surface area contributed by atoms with Crippen molar-refractivity contribution in [3.8, 4) is 0 Å². The first-order valence-electron chi connectivity index (χ1n) is 6.93. The highest BCUT2D eigenvalue weighted by atomic mass is 15.1. The molecule has 96 valence electrons. The van der Waals surface area contributed by atoms with Gasteiger partial charge in [-0.05, 0) is 36.5 Å². The molecule has 3 heteroatoms. The van der Waals surface area contributed by atoms with E-state index in [1.807, 2.05) is 0 Å². The van der Waals surface area contributed by atoms with Crippen LogP contribution in [-0.4, -0.2) is 9.55 Å². The molecule has 2 aromatic rings. The average molecular weight is 243 g/mol. The highest BCUT2D eigenvalue weighted by Crippen LogP contribution is 2.47. The Morgan fingerprint density at radius 2 is 2.22 bits per heavy atom. The van der Waals surface area contributed by atoms with E-state index >= 15 is 0 Å². The number of imidazole rings is 1. The zero-order chi connectivity index (χ0) is 12.7. The summed E-state index contributed by atoms with van der Waals surface area (Å²) < 4.78 is 2.41. The Bertz CT molecular complexity index is 570. The minimum Gasteiger partial charge on any atom is -0.328 e. The predicted octanol–water partition coefficient (Wildman–Crippen LogP) is 3.03. The molecular weight excluding hydrogens is 222 g/mol. The third-order valence-corrected chi connectivity index (χ3v) is 3.97. The normalized spacial score (nSPS) is 22.6. The van der Waals surface area contributed by atoms with Gasteiger partial charge >= 0.3 is 0 Å². The van der Waals surface area contributed by atoms with Gasteiger partial charge in [0.05, 0.1) is 11.0 Å². The first-order chi connectivity index (χ1) is 8.74. The van der Waals surface area contributed by atoms with Crippen molar-refractivity contribution in [2.75, 3.05) is 0 Å². The second kappa shape index (κ2) is 4.39. The van der Waals surface area contributed by atoms with Gasteiger partial charge in [0.25, 0.3) is 0 Å². The van der Waals surface area contributed by atoms with Crippen LogP contribution in [0.25, 0.3) is 11.0 Å². The fraction of sp³-hybridized carbons (Fsp3) is 0.533. The fourth-order valence-electron chi connectivity index (χ4n) is 2.74. The molecule has 1 aromatic carbocycles. The third-order valence-electron chi connectivity index (χ3n) is 3.97. The van der Waals surface area contributed by atoms with Crippen LogP contribution >= 0.6 is 0 Å². The molecule has 0 bridgehead atoms. The molecule has 0 aliphatic heterocycles. The molecule has 1 saturated carbocycles. The summed E-state index contributed by atoms with van der Waals surface area (Å²) in [5, 5.41) is 0. The van der Waals surface area contributed by atoms with Crippen molar-refractivity contribution in [3.63, 3.8) is 0 Å². The van der Waals surface area contributed by atoms with Crippen LogP contribution in [0, 0.1) is 5.92 Å². The molecule has 0 amide bonds. The molecule has 0 spiro atoms. The summed E-state index contributed by atoms with van der Waals surface area (Å²) >= 11 is 0. The maximum atomic E-state index is 5.70. The zero-order valence-electron chi connectivity index (χ0n) is 11.2. The molecule has 1 heterocycles. The van der Waals surface area contributed by atoms with E-state index in [0.717, 1.165) is 24.4 Å². The molecule has 1 aliphatic carbocycles. The molecule has 0 saturated heterocycles. The Morgan fingerprint density at radius 1 is 1.44 bits per heavy atom. The van der Waals surface area contributed by atoms with Gasteiger partial charge < -0.3 is 10.3 Å². The first kappa shape index (κ1) is 11.7. The van der Waals surface area contributed by atoms with Gasteiger partial charge in [0.15, 0.2) is 0 Å².